The van der Waals surface area contributed by atoms with Gasteiger partial charge in [-0.15, -0.1) is 0 Å². The van der Waals surface area contributed by atoms with Crippen molar-refractivity contribution in [2.45, 2.75) is 25.6 Å². The highest BCUT2D eigenvalue weighted by molar-refractivity contribution is 5.37. The second-order valence-corrected chi connectivity index (χ2v) is 4.13. The molecule has 3 N–H and O–H groups in total. The fourth-order valence-electron chi connectivity index (χ4n) is 1.76. The maximum absolute atomic E-state index is 9.99. The minimum absolute atomic E-state index is 0.517. The summed E-state index contributed by atoms with van der Waals surface area (Å²) in [6.45, 7) is 2.59. The highest BCUT2D eigenvalue weighted by atomic mass is 16.5. The molecular formula is C13H21NO3. The Hall–Kier alpha value is -1.10. The molecule has 1 aromatic rings. The van der Waals surface area contributed by atoms with Crippen LogP contribution in [-0.2, 0) is 0 Å². The summed E-state index contributed by atoms with van der Waals surface area (Å²) >= 11 is 0. The molecule has 2 atom stereocenters. The van der Waals surface area contributed by atoms with E-state index in [1.165, 1.54) is 0 Å². The predicted octanol–water partition coefficient (Wildman–Crippen LogP) is 1.01. The van der Waals surface area contributed by atoms with Crippen molar-refractivity contribution in [1.29, 1.82) is 0 Å². The third-order valence-corrected chi connectivity index (χ3v) is 2.81. The number of ether oxygens (including phenoxy) is 1. The summed E-state index contributed by atoms with van der Waals surface area (Å²) in [6.07, 6.45) is -1.09. The number of nitrogens with one attached hydrogen (secondary N) is 1. The van der Waals surface area contributed by atoms with Crippen molar-refractivity contribution in [3.8, 4) is 5.75 Å². The van der Waals surface area contributed by atoms with Gasteiger partial charge in [-0.1, -0.05) is 6.07 Å². The van der Waals surface area contributed by atoms with Gasteiger partial charge in [0.15, 0.2) is 0 Å². The fraction of sp³-hybridized carbons (Fsp3) is 0.538. The first-order valence-corrected chi connectivity index (χ1v) is 5.75. The van der Waals surface area contributed by atoms with Crippen molar-refractivity contribution in [2.24, 2.45) is 0 Å². The summed E-state index contributed by atoms with van der Waals surface area (Å²) in [6, 6.07) is 5.42. The molecular weight excluding hydrogens is 218 g/mol. The number of hydrogen-bond acceptors (Lipinski definition) is 4. The topological polar surface area (TPSA) is 61.7 Å². The largest absolute Gasteiger partial charge is 0.496 e. The molecule has 0 bridgehead atoms. The third kappa shape index (κ3) is 3.70. The third-order valence-electron chi connectivity index (χ3n) is 2.81. The Labute approximate surface area is 102 Å². The zero-order valence-corrected chi connectivity index (χ0v) is 10.6. The van der Waals surface area contributed by atoms with Crippen molar-refractivity contribution in [3.05, 3.63) is 29.3 Å². The number of aryl methyl sites for hydroxylation is 1. The van der Waals surface area contributed by atoms with Crippen molar-refractivity contribution in [1.82, 2.24) is 5.32 Å². The lowest BCUT2D eigenvalue weighted by atomic mass is 10.00. The van der Waals surface area contributed by atoms with Crippen LogP contribution in [0.25, 0.3) is 0 Å². The molecule has 0 radical (unpaired) electrons. The van der Waals surface area contributed by atoms with Crippen molar-refractivity contribution in [3.63, 3.8) is 0 Å². The Morgan fingerprint density at radius 1 is 1.35 bits per heavy atom. The minimum atomic E-state index is -0.854. The SMILES string of the molecule is CNCCC(O)C(O)c1ccc(OC)c(C)c1. The van der Waals surface area contributed by atoms with Gasteiger partial charge in [-0.2, -0.15) is 0 Å². The summed E-state index contributed by atoms with van der Waals surface area (Å²) in [5.74, 6) is 0.783. The van der Waals surface area contributed by atoms with E-state index in [-0.39, 0.29) is 0 Å². The van der Waals surface area contributed by atoms with Gasteiger partial charge in [0, 0.05) is 0 Å². The number of aliphatic hydroxyl groups excluding tert-OH is 2. The van der Waals surface area contributed by atoms with Crippen molar-refractivity contribution >= 4 is 0 Å². The number of aliphatic hydroxyl groups is 2. The first-order valence-electron chi connectivity index (χ1n) is 5.75. The Balaban J connectivity index is 2.74. The summed E-state index contributed by atoms with van der Waals surface area (Å²) in [4.78, 5) is 0. The Bertz CT molecular complexity index is 355. The first-order chi connectivity index (χ1) is 8.10. The molecule has 0 fully saturated rings. The van der Waals surface area contributed by atoms with E-state index in [1.54, 1.807) is 19.2 Å². The van der Waals surface area contributed by atoms with Gasteiger partial charge in [-0.3, -0.25) is 0 Å². The molecule has 0 spiro atoms. The highest BCUT2D eigenvalue weighted by Crippen LogP contribution is 2.25. The smallest absolute Gasteiger partial charge is 0.121 e. The van der Waals surface area contributed by atoms with Crippen molar-refractivity contribution in [2.75, 3.05) is 20.7 Å². The minimum Gasteiger partial charge on any atom is -0.496 e. The lowest BCUT2D eigenvalue weighted by Crippen LogP contribution is -2.23. The summed E-state index contributed by atoms with van der Waals surface area (Å²) in [7, 11) is 3.43. The van der Waals surface area contributed by atoms with Crippen LogP contribution in [0.3, 0.4) is 0 Å². The molecule has 0 aromatic heterocycles. The first kappa shape index (κ1) is 14.0. The quantitative estimate of drug-likeness (QED) is 0.693. The van der Waals surface area contributed by atoms with Crippen LogP contribution >= 0.6 is 0 Å². The lowest BCUT2D eigenvalue weighted by molar-refractivity contribution is 0.0140. The molecule has 1 aromatic carbocycles. The number of methoxy groups -OCH3 is 1. The molecule has 4 nitrogen and oxygen atoms in total. The molecule has 0 saturated carbocycles. The van der Waals surface area contributed by atoms with E-state index in [4.69, 9.17) is 4.74 Å². The standard InChI is InChI=1S/C13H21NO3/c1-9-8-10(4-5-12(9)17-3)13(16)11(15)6-7-14-2/h4-5,8,11,13-16H,6-7H2,1-3H3. The van der Waals surface area contributed by atoms with Crippen LogP contribution in [0.15, 0.2) is 18.2 Å². The lowest BCUT2D eigenvalue weighted by Gasteiger charge is -2.19. The average Bonchev–Trinajstić information content (AvgIpc) is 2.34. The maximum atomic E-state index is 9.99. The van der Waals surface area contributed by atoms with E-state index in [1.807, 2.05) is 20.0 Å². The van der Waals surface area contributed by atoms with Crippen LogP contribution in [-0.4, -0.2) is 37.0 Å². The van der Waals surface area contributed by atoms with E-state index in [0.717, 1.165) is 11.3 Å². The second-order valence-electron chi connectivity index (χ2n) is 4.13. The van der Waals surface area contributed by atoms with Gasteiger partial charge < -0.3 is 20.3 Å². The van der Waals surface area contributed by atoms with E-state index < -0.39 is 12.2 Å². The molecule has 0 heterocycles. The van der Waals surface area contributed by atoms with E-state index in [0.29, 0.717) is 18.5 Å². The van der Waals surface area contributed by atoms with Gasteiger partial charge in [-0.05, 0) is 50.2 Å². The van der Waals surface area contributed by atoms with Crippen LogP contribution in [0, 0.1) is 6.92 Å². The highest BCUT2D eigenvalue weighted by Gasteiger charge is 2.18. The zero-order valence-electron chi connectivity index (χ0n) is 10.6. The molecule has 0 aliphatic carbocycles. The number of hydrogen-bond donors (Lipinski definition) is 3. The van der Waals surface area contributed by atoms with Crippen LogP contribution < -0.4 is 10.1 Å². The Kier molecular flexibility index (Phi) is 5.41. The van der Waals surface area contributed by atoms with E-state index in [2.05, 4.69) is 5.32 Å². The summed E-state index contributed by atoms with van der Waals surface area (Å²) in [5.41, 5.74) is 1.66. The van der Waals surface area contributed by atoms with Gasteiger partial charge in [-0.25, -0.2) is 0 Å². The molecule has 0 saturated heterocycles. The average molecular weight is 239 g/mol. The Morgan fingerprint density at radius 2 is 2.06 bits per heavy atom. The molecule has 0 amide bonds. The molecule has 2 unspecified atom stereocenters. The van der Waals surface area contributed by atoms with Gasteiger partial charge in [0.1, 0.15) is 11.9 Å². The second kappa shape index (κ2) is 6.59. The molecule has 4 heteroatoms. The summed E-state index contributed by atoms with van der Waals surface area (Å²) in [5, 5.41) is 22.7. The van der Waals surface area contributed by atoms with Crippen molar-refractivity contribution < 1.29 is 14.9 Å². The number of rotatable bonds is 6. The normalized spacial score (nSPS) is 14.4. The summed E-state index contributed by atoms with van der Waals surface area (Å²) < 4.78 is 5.15. The van der Waals surface area contributed by atoms with E-state index in [9.17, 15) is 10.2 Å². The number of benzene rings is 1. The fourth-order valence-corrected chi connectivity index (χ4v) is 1.76. The monoisotopic (exact) mass is 239 g/mol. The van der Waals surface area contributed by atoms with Gasteiger partial charge in [0.25, 0.3) is 0 Å². The van der Waals surface area contributed by atoms with Gasteiger partial charge >= 0.3 is 0 Å². The molecule has 1 rings (SSSR count). The molecule has 96 valence electrons. The maximum Gasteiger partial charge on any atom is 0.121 e. The van der Waals surface area contributed by atoms with Crippen LogP contribution in [0.1, 0.15) is 23.7 Å². The van der Waals surface area contributed by atoms with Crippen LogP contribution in [0.2, 0.25) is 0 Å². The molecule has 17 heavy (non-hydrogen) atoms. The van der Waals surface area contributed by atoms with Gasteiger partial charge in [0.05, 0.1) is 13.2 Å². The van der Waals surface area contributed by atoms with Crippen LogP contribution in [0.5, 0.6) is 5.75 Å². The predicted molar refractivity (Wildman–Crippen MR) is 67.2 cm³/mol. The van der Waals surface area contributed by atoms with E-state index >= 15 is 0 Å². The molecule has 0 aliphatic rings. The zero-order chi connectivity index (χ0) is 12.8. The molecule has 0 aliphatic heterocycles. The van der Waals surface area contributed by atoms with Gasteiger partial charge in [0.2, 0.25) is 0 Å². The Morgan fingerprint density at radius 3 is 2.59 bits per heavy atom. The van der Waals surface area contributed by atoms with Crippen LogP contribution in [0.4, 0.5) is 0 Å².